The van der Waals surface area contributed by atoms with Crippen molar-refractivity contribution in [3.05, 3.63) is 36.2 Å². The third-order valence-corrected chi connectivity index (χ3v) is 2.63. The van der Waals surface area contributed by atoms with E-state index in [9.17, 15) is 0 Å². The van der Waals surface area contributed by atoms with Gasteiger partial charge in [-0.05, 0) is 37.6 Å². The number of nitrogens with two attached hydrogens (primary N) is 1. The van der Waals surface area contributed by atoms with E-state index < -0.39 is 0 Å². The first-order valence-corrected chi connectivity index (χ1v) is 5.81. The van der Waals surface area contributed by atoms with Gasteiger partial charge in [-0.15, -0.1) is 0 Å². The first kappa shape index (κ1) is 11.5. The van der Waals surface area contributed by atoms with Gasteiger partial charge in [-0.25, -0.2) is 4.68 Å². The van der Waals surface area contributed by atoms with Crippen LogP contribution < -0.4 is 10.5 Å². The summed E-state index contributed by atoms with van der Waals surface area (Å²) in [5.74, 6) is 0.870. The third-order valence-electron chi connectivity index (χ3n) is 2.63. The van der Waals surface area contributed by atoms with Crippen LogP contribution in [0.3, 0.4) is 0 Å². The van der Waals surface area contributed by atoms with Gasteiger partial charge in [0.05, 0.1) is 29.9 Å². The zero-order valence-corrected chi connectivity index (χ0v) is 10.2. The zero-order valence-electron chi connectivity index (χ0n) is 10.2. The van der Waals surface area contributed by atoms with Gasteiger partial charge in [0.25, 0.3) is 0 Å². The number of hydrogen-bond acceptors (Lipinski definition) is 3. The van der Waals surface area contributed by atoms with E-state index in [-0.39, 0.29) is 0 Å². The van der Waals surface area contributed by atoms with Crippen molar-refractivity contribution in [3.63, 3.8) is 0 Å². The number of benzene rings is 1. The number of ether oxygens (including phenoxy) is 1. The molecule has 17 heavy (non-hydrogen) atoms. The predicted octanol–water partition coefficient (Wildman–Crippen LogP) is 2.42. The fourth-order valence-electron chi connectivity index (χ4n) is 1.81. The summed E-state index contributed by atoms with van der Waals surface area (Å²) in [6.45, 7) is 4.71. The van der Waals surface area contributed by atoms with Crippen LogP contribution in [0, 0.1) is 0 Å². The number of hydrogen-bond donors (Lipinski definition) is 1. The molecule has 4 nitrogen and oxygen atoms in total. The summed E-state index contributed by atoms with van der Waals surface area (Å²) in [5, 5.41) is 4.28. The lowest BCUT2D eigenvalue weighted by Crippen LogP contribution is -2.02. The SMILES string of the molecule is CCOc1ccc(-n2ncc(N)c2CC)cc1. The van der Waals surface area contributed by atoms with E-state index in [1.165, 1.54) is 0 Å². The molecule has 1 aromatic carbocycles. The maximum absolute atomic E-state index is 5.86. The van der Waals surface area contributed by atoms with E-state index in [0.717, 1.165) is 29.2 Å². The first-order chi connectivity index (χ1) is 8.26. The quantitative estimate of drug-likeness (QED) is 0.879. The van der Waals surface area contributed by atoms with Crippen molar-refractivity contribution in [3.8, 4) is 11.4 Å². The lowest BCUT2D eigenvalue weighted by molar-refractivity contribution is 0.340. The van der Waals surface area contributed by atoms with Crippen molar-refractivity contribution in [2.24, 2.45) is 0 Å². The summed E-state index contributed by atoms with van der Waals surface area (Å²) in [7, 11) is 0. The molecule has 0 unspecified atom stereocenters. The van der Waals surface area contributed by atoms with Crippen LogP contribution in [0.1, 0.15) is 19.5 Å². The van der Waals surface area contributed by atoms with Crippen molar-refractivity contribution in [2.75, 3.05) is 12.3 Å². The number of rotatable bonds is 4. The monoisotopic (exact) mass is 231 g/mol. The summed E-state index contributed by atoms with van der Waals surface area (Å²) in [6, 6.07) is 7.85. The molecule has 0 aliphatic heterocycles. The van der Waals surface area contributed by atoms with Gasteiger partial charge < -0.3 is 10.5 Å². The number of nitrogens with zero attached hydrogens (tertiary/aromatic N) is 2. The van der Waals surface area contributed by atoms with Crippen LogP contribution in [-0.4, -0.2) is 16.4 Å². The van der Waals surface area contributed by atoms with Crippen molar-refractivity contribution in [1.82, 2.24) is 9.78 Å². The molecule has 4 heteroatoms. The second-order valence-electron chi connectivity index (χ2n) is 3.74. The van der Waals surface area contributed by atoms with Gasteiger partial charge in [-0.3, -0.25) is 0 Å². The standard InChI is InChI=1S/C13H17N3O/c1-3-13-12(14)9-15-16(13)10-5-7-11(8-6-10)17-4-2/h5-9H,3-4,14H2,1-2H3. The third kappa shape index (κ3) is 2.25. The molecule has 0 bridgehead atoms. The van der Waals surface area contributed by atoms with Gasteiger partial charge in [0.2, 0.25) is 0 Å². The maximum atomic E-state index is 5.86. The highest BCUT2D eigenvalue weighted by molar-refractivity contribution is 5.47. The van der Waals surface area contributed by atoms with Gasteiger partial charge in [0, 0.05) is 0 Å². The Kier molecular flexibility index (Phi) is 3.32. The molecule has 2 rings (SSSR count). The van der Waals surface area contributed by atoms with Gasteiger partial charge in [-0.2, -0.15) is 5.10 Å². The molecule has 0 saturated carbocycles. The van der Waals surface area contributed by atoms with E-state index in [4.69, 9.17) is 10.5 Å². The van der Waals surface area contributed by atoms with E-state index in [1.807, 2.05) is 35.9 Å². The molecule has 0 aliphatic carbocycles. The van der Waals surface area contributed by atoms with Crippen molar-refractivity contribution in [2.45, 2.75) is 20.3 Å². The first-order valence-electron chi connectivity index (χ1n) is 5.81. The van der Waals surface area contributed by atoms with Crippen LogP contribution in [0.4, 0.5) is 5.69 Å². The Morgan fingerprint density at radius 3 is 2.53 bits per heavy atom. The molecule has 1 aromatic heterocycles. The zero-order chi connectivity index (χ0) is 12.3. The lowest BCUT2D eigenvalue weighted by Gasteiger charge is -2.08. The lowest BCUT2D eigenvalue weighted by atomic mass is 10.2. The highest BCUT2D eigenvalue weighted by Gasteiger charge is 2.07. The molecule has 0 amide bonds. The topological polar surface area (TPSA) is 53.1 Å². The van der Waals surface area contributed by atoms with Gasteiger partial charge in [0.1, 0.15) is 5.75 Å². The molecular weight excluding hydrogens is 214 g/mol. The summed E-state index contributed by atoms with van der Waals surface area (Å²) in [6.07, 6.45) is 2.55. The Balaban J connectivity index is 2.33. The Morgan fingerprint density at radius 1 is 1.24 bits per heavy atom. The fourth-order valence-corrected chi connectivity index (χ4v) is 1.81. The van der Waals surface area contributed by atoms with Gasteiger partial charge >= 0.3 is 0 Å². The van der Waals surface area contributed by atoms with E-state index in [0.29, 0.717) is 6.61 Å². The maximum Gasteiger partial charge on any atom is 0.119 e. The van der Waals surface area contributed by atoms with E-state index >= 15 is 0 Å². The minimum Gasteiger partial charge on any atom is -0.494 e. The highest BCUT2D eigenvalue weighted by Crippen LogP contribution is 2.19. The highest BCUT2D eigenvalue weighted by atomic mass is 16.5. The Hall–Kier alpha value is -1.97. The summed E-state index contributed by atoms with van der Waals surface area (Å²) >= 11 is 0. The summed E-state index contributed by atoms with van der Waals surface area (Å²) < 4.78 is 7.27. The normalized spacial score (nSPS) is 10.5. The van der Waals surface area contributed by atoms with Crippen LogP contribution in [0.2, 0.25) is 0 Å². The fraction of sp³-hybridized carbons (Fsp3) is 0.308. The molecule has 2 aromatic rings. The van der Waals surface area contributed by atoms with E-state index in [1.54, 1.807) is 6.20 Å². The molecule has 0 aliphatic rings. The van der Waals surface area contributed by atoms with Crippen LogP contribution >= 0.6 is 0 Å². The summed E-state index contributed by atoms with van der Waals surface area (Å²) in [4.78, 5) is 0. The number of anilines is 1. The van der Waals surface area contributed by atoms with Gasteiger partial charge in [-0.1, -0.05) is 6.92 Å². The molecule has 0 radical (unpaired) electrons. The van der Waals surface area contributed by atoms with Crippen LogP contribution in [-0.2, 0) is 6.42 Å². The molecular formula is C13H17N3O. The smallest absolute Gasteiger partial charge is 0.119 e. The molecule has 90 valence electrons. The molecule has 1 heterocycles. The van der Waals surface area contributed by atoms with Crippen LogP contribution in [0.25, 0.3) is 5.69 Å². The number of nitrogen functional groups attached to an aromatic ring is 1. The predicted molar refractivity (Wildman–Crippen MR) is 68.5 cm³/mol. The van der Waals surface area contributed by atoms with Gasteiger partial charge in [0.15, 0.2) is 0 Å². The Labute approximate surface area is 101 Å². The average molecular weight is 231 g/mol. The largest absolute Gasteiger partial charge is 0.494 e. The average Bonchev–Trinajstić information content (AvgIpc) is 2.72. The van der Waals surface area contributed by atoms with Crippen LogP contribution in [0.15, 0.2) is 30.5 Å². The molecule has 2 N–H and O–H groups in total. The molecule has 0 fully saturated rings. The molecule has 0 spiro atoms. The second kappa shape index (κ2) is 4.91. The molecule has 0 saturated heterocycles. The Morgan fingerprint density at radius 2 is 1.94 bits per heavy atom. The van der Waals surface area contributed by atoms with E-state index in [2.05, 4.69) is 12.0 Å². The minimum atomic E-state index is 0.675. The van der Waals surface area contributed by atoms with Crippen LogP contribution in [0.5, 0.6) is 5.75 Å². The number of aromatic nitrogens is 2. The summed E-state index contributed by atoms with van der Waals surface area (Å²) in [5.41, 5.74) is 8.63. The van der Waals surface area contributed by atoms with Crippen molar-refractivity contribution >= 4 is 5.69 Å². The minimum absolute atomic E-state index is 0.675. The second-order valence-corrected chi connectivity index (χ2v) is 3.74. The van der Waals surface area contributed by atoms with Crippen molar-refractivity contribution in [1.29, 1.82) is 0 Å². The van der Waals surface area contributed by atoms with Crippen molar-refractivity contribution < 1.29 is 4.74 Å². The Bertz CT molecular complexity index is 488. The molecule has 0 atom stereocenters.